The van der Waals surface area contributed by atoms with Crippen molar-refractivity contribution in [2.24, 2.45) is 5.73 Å². The molecule has 1 rings (SSSR count). The van der Waals surface area contributed by atoms with Crippen molar-refractivity contribution in [2.75, 3.05) is 0 Å². The Balaban J connectivity index is 2.92. The average molecular weight is 138 g/mol. The van der Waals surface area contributed by atoms with E-state index in [1.54, 1.807) is 12.3 Å². The number of nitrogens with two attached hydrogens (primary N) is 1. The third-order valence-corrected chi connectivity index (χ3v) is 1.37. The third-order valence-electron chi connectivity index (χ3n) is 1.37. The van der Waals surface area contributed by atoms with Gasteiger partial charge in [0, 0.05) is 18.0 Å². The second-order valence-electron chi connectivity index (χ2n) is 2.06. The van der Waals surface area contributed by atoms with Crippen LogP contribution in [0.15, 0.2) is 25.0 Å². The molecule has 0 aliphatic carbocycles. The number of rotatable bonds is 2. The second kappa shape index (κ2) is 2.58. The molecular formula is C7H10N2O. The van der Waals surface area contributed by atoms with Gasteiger partial charge in [-0.25, -0.2) is 0 Å². The molecule has 0 aromatic carbocycles. The van der Waals surface area contributed by atoms with Gasteiger partial charge in [-0.3, -0.25) is 0 Å². The Morgan fingerprint density at radius 3 is 2.80 bits per heavy atom. The summed E-state index contributed by atoms with van der Waals surface area (Å²) >= 11 is 0. The number of aromatic hydroxyl groups is 1. The Bertz CT molecular complexity index is 229. The molecule has 0 aliphatic heterocycles. The van der Waals surface area contributed by atoms with Gasteiger partial charge in [0.1, 0.15) is 5.75 Å². The highest BCUT2D eigenvalue weighted by Gasteiger charge is 2.06. The molecule has 1 aromatic rings. The summed E-state index contributed by atoms with van der Waals surface area (Å²) in [4.78, 5) is 2.74. The molecule has 0 aliphatic rings. The summed E-state index contributed by atoms with van der Waals surface area (Å²) in [5, 5.41) is 9.09. The molecule has 3 heteroatoms. The van der Waals surface area contributed by atoms with Gasteiger partial charge >= 0.3 is 0 Å². The topological polar surface area (TPSA) is 62.0 Å². The van der Waals surface area contributed by atoms with Crippen LogP contribution >= 0.6 is 0 Å². The Morgan fingerprint density at radius 2 is 2.40 bits per heavy atom. The van der Waals surface area contributed by atoms with E-state index < -0.39 is 0 Å². The van der Waals surface area contributed by atoms with Gasteiger partial charge in [0.25, 0.3) is 0 Å². The SMILES string of the molecule is C=C[C@@H](N)c1c[nH]cc1O. The van der Waals surface area contributed by atoms with Crippen molar-refractivity contribution in [3.63, 3.8) is 0 Å². The first-order chi connectivity index (χ1) is 4.75. The average Bonchev–Trinajstić information content (AvgIpc) is 2.34. The Labute approximate surface area is 59.2 Å². The zero-order valence-electron chi connectivity index (χ0n) is 5.54. The van der Waals surface area contributed by atoms with Crippen molar-refractivity contribution in [1.82, 2.24) is 4.98 Å². The van der Waals surface area contributed by atoms with Crippen molar-refractivity contribution < 1.29 is 5.11 Å². The van der Waals surface area contributed by atoms with Crippen LogP contribution in [0.4, 0.5) is 0 Å². The largest absolute Gasteiger partial charge is 0.506 e. The van der Waals surface area contributed by atoms with E-state index in [-0.39, 0.29) is 11.8 Å². The number of hydrogen-bond donors (Lipinski definition) is 3. The molecule has 0 amide bonds. The summed E-state index contributed by atoms with van der Waals surface area (Å²) in [6.07, 6.45) is 4.71. The summed E-state index contributed by atoms with van der Waals surface area (Å²) in [6.45, 7) is 3.51. The van der Waals surface area contributed by atoms with Gasteiger partial charge in [0.05, 0.1) is 6.04 Å². The first-order valence-corrected chi connectivity index (χ1v) is 2.99. The molecule has 10 heavy (non-hydrogen) atoms. The maximum Gasteiger partial charge on any atom is 0.138 e. The molecule has 3 nitrogen and oxygen atoms in total. The fourth-order valence-electron chi connectivity index (χ4n) is 0.762. The van der Waals surface area contributed by atoms with Gasteiger partial charge in [-0.2, -0.15) is 0 Å². The van der Waals surface area contributed by atoms with E-state index >= 15 is 0 Å². The van der Waals surface area contributed by atoms with E-state index in [0.29, 0.717) is 5.56 Å². The van der Waals surface area contributed by atoms with E-state index in [1.807, 2.05) is 0 Å². The lowest BCUT2D eigenvalue weighted by atomic mass is 10.1. The normalized spacial score (nSPS) is 12.9. The molecule has 54 valence electrons. The zero-order valence-corrected chi connectivity index (χ0v) is 5.54. The highest BCUT2D eigenvalue weighted by molar-refractivity contribution is 5.33. The lowest BCUT2D eigenvalue weighted by Gasteiger charge is -2.01. The van der Waals surface area contributed by atoms with Crippen molar-refractivity contribution >= 4 is 0 Å². The van der Waals surface area contributed by atoms with Crippen LogP contribution in [-0.4, -0.2) is 10.1 Å². The summed E-state index contributed by atoms with van der Waals surface area (Å²) in [6, 6.07) is -0.286. The molecule has 0 saturated heterocycles. The summed E-state index contributed by atoms with van der Waals surface area (Å²) in [5.41, 5.74) is 6.22. The number of aromatic amines is 1. The monoisotopic (exact) mass is 138 g/mol. The van der Waals surface area contributed by atoms with Crippen LogP contribution in [0, 0.1) is 0 Å². The van der Waals surface area contributed by atoms with Crippen LogP contribution in [0.3, 0.4) is 0 Å². The van der Waals surface area contributed by atoms with E-state index in [9.17, 15) is 0 Å². The minimum absolute atomic E-state index is 0.187. The number of hydrogen-bond acceptors (Lipinski definition) is 2. The fraction of sp³-hybridized carbons (Fsp3) is 0.143. The Hall–Kier alpha value is -1.22. The first-order valence-electron chi connectivity index (χ1n) is 2.99. The maximum absolute atomic E-state index is 9.09. The van der Waals surface area contributed by atoms with Crippen LogP contribution < -0.4 is 5.73 Å². The number of aromatic nitrogens is 1. The van der Waals surface area contributed by atoms with Crippen LogP contribution in [0.25, 0.3) is 0 Å². The van der Waals surface area contributed by atoms with Crippen LogP contribution in [0.5, 0.6) is 5.75 Å². The molecule has 1 atom stereocenters. The molecular weight excluding hydrogens is 128 g/mol. The van der Waals surface area contributed by atoms with Crippen molar-refractivity contribution in [1.29, 1.82) is 0 Å². The Kier molecular flexibility index (Phi) is 1.78. The highest BCUT2D eigenvalue weighted by atomic mass is 16.3. The zero-order chi connectivity index (χ0) is 7.56. The smallest absolute Gasteiger partial charge is 0.138 e. The van der Waals surface area contributed by atoms with Crippen LogP contribution in [-0.2, 0) is 0 Å². The molecule has 4 N–H and O–H groups in total. The van der Waals surface area contributed by atoms with Crippen molar-refractivity contribution in [2.45, 2.75) is 6.04 Å². The highest BCUT2D eigenvalue weighted by Crippen LogP contribution is 2.21. The van der Waals surface area contributed by atoms with Gasteiger partial charge in [0.2, 0.25) is 0 Å². The van der Waals surface area contributed by atoms with Gasteiger partial charge in [-0.15, -0.1) is 6.58 Å². The molecule has 0 saturated carbocycles. The van der Waals surface area contributed by atoms with Crippen molar-refractivity contribution in [3.8, 4) is 5.75 Å². The fourth-order valence-corrected chi connectivity index (χ4v) is 0.762. The molecule has 0 fully saturated rings. The molecule has 1 aromatic heterocycles. The van der Waals surface area contributed by atoms with Gasteiger partial charge in [-0.05, 0) is 0 Å². The third kappa shape index (κ3) is 1.04. The van der Waals surface area contributed by atoms with Gasteiger partial charge in [-0.1, -0.05) is 6.08 Å². The lowest BCUT2D eigenvalue weighted by Crippen LogP contribution is -2.04. The number of H-pyrrole nitrogens is 1. The van der Waals surface area contributed by atoms with E-state index in [4.69, 9.17) is 10.8 Å². The van der Waals surface area contributed by atoms with Gasteiger partial charge < -0.3 is 15.8 Å². The van der Waals surface area contributed by atoms with Crippen LogP contribution in [0.1, 0.15) is 11.6 Å². The van der Waals surface area contributed by atoms with Crippen LogP contribution in [0.2, 0.25) is 0 Å². The quantitative estimate of drug-likeness (QED) is 0.532. The summed E-state index contributed by atoms with van der Waals surface area (Å²) in [7, 11) is 0. The first kappa shape index (κ1) is 6.89. The molecule has 0 spiro atoms. The number of nitrogens with one attached hydrogen (secondary N) is 1. The summed E-state index contributed by atoms with van der Waals surface area (Å²) < 4.78 is 0. The predicted octanol–water partition coefficient (Wildman–Crippen LogP) is 0.906. The predicted molar refractivity (Wildman–Crippen MR) is 39.6 cm³/mol. The maximum atomic E-state index is 9.09. The molecule has 1 heterocycles. The van der Waals surface area contributed by atoms with E-state index in [0.717, 1.165) is 0 Å². The Morgan fingerprint density at radius 1 is 1.70 bits per heavy atom. The minimum Gasteiger partial charge on any atom is -0.506 e. The molecule has 0 unspecified atom stereocenters. The van der Waals surface area contributed by atoms with E-state index in [2.05, 4.69) is 11.6 Å². The summed E-state index contributed by atoms with van der Waals surface area (Å²) in [5.74, 6) is 0.187. The second-order valence-corrected chi connectivity index (χ2v) is 2.06. The standard InChI is InChI=1S/C7H10N2O/c1-2-6(8)5-3-9-4-7(5)10/h2-4,6,9-10H,1,8H2/t6-/m1/s1. The molecule has 0 bridgehead atoms. The van der Waals surface area contributed by atoms with Crippen molar-refractivity contribution in [3.05, 3.63) is 30.6 Å². The van der Waals surface area contributed by atoms with Gasteiger partial charge in [0.15, 0.2) is 0 Å². The lowest BCUT2D eigenvalue weighted by molar-refractivity contribution is 0.468. The van der Waals surface area contributed by atoms with E-state index in [1.165, 1.54) is 6.20 Å². The molecule has 0 radical (unpaired) electrons. The minimum atomic E-state index is -0.286.